The molecule has 0 amide bonds. The molecule has 0 radical (unpaired) electrons. The molecule has 0 aromatic heterocycles. The highest BCUT2D eigenvalue weighted by atomic mass is 19.1. The van der Waals surface area contributed by atoms with Crippen molar-refractivity contribution >= 4 is 88.0 Å². The topological polar surface area (TPSA) is 6.48 Å². The van der Waals surface area contributed by atoms with Gasteiger partial charge in [0.05, 0.1) is 36.3 Å². The zero-order chi connectivity index (χ0) is 59.8. The van der Waals surface area contributed by atoms with Crippen molar-refractivity contribution in [2.24, 2.45) is 0 Å². The highest BCUT2D eigenvalue weighted by molar-refractivity contribution is 6.28. The predicted molar refractivity (Wildman–Crippen MR) is 300 cm³/mol. The van der Waals surface area contributed by atoms with Gasteiger partial charge in [0.25, 0.3) is 0 Å². The normalized spacial score (nSPS) is 14.4. The zero-order valence-corrected chi connectivity index (χ0v) is 38.4. The van der Waals surface area contributed by atoms with Crippen LogP contribution in [-0.2, 0) is 0 Å². The minimum atomic E-state index is -0.986. The lowest BCUT2D eigenvalue weighted by Crippen LogP contribution is -2.14. The van der Waals surface area contributed by atoms with Gasteiger partial charge >= 0.3 is 0 Å². The lowest BCUT2D eigenvalue weighted by molar-refractivity contribution is 0.630. The third-order valence-corrected chi connectivity index (χ3v) is 13.4. The average Bonchev–Trinajstić information content (AvgIpc) is 1.37. The molecule has 71 heavy (non-hydrogen) atoms. The molecule has 0 atom stereocenters. The molecule has 0 aliphatic rings. The Kier molecular flexibility index (Phi) is 7.20. The maximum atomic E-state index is 18.5. The number of rotatable bonds is 9. The first-order chi connectivity index (χ1) is 40.7. The summed E-state index contributed by atoms with van der Waals surface area (Å²) in [5.41, 5.74) is 3.73. The number of halogens is 1. The summed E-state index contributed by atoms with van der Waals surface area (Å²) in [5, 5.41) is 8.56. The number of aryl methyl sites for hydroxylation is 1. The summed E-state index contributed by atoms with van der Waals surface area (Å²) in [4.78, 5) is 3.83. The summed E-state index contributed by atoms with van der Waals surface area (Å²) >= 11 is 0. The summed E-state index contributed by atoms with van der Waals surface area (Å²) in [7, 11) is 0. The van der Waals surface area contributed by atoms with E-state index in [9.17, 15) is 2.74 Å². The SMILES string of the molecule is [2H]c1c([2H])c([2H])c(-c2cc(F)c(N(c3ccc4ccccc4c3)c3ccc4ccc5c(N(c6ccc7ccccc7c6)c6ccc(-c7c([2H])c([2H])c(C)c([2H])c7[2H])cc6C)ccc6ccc3c4c65)c(-c3c([2H])c([2H])c([2H])c([2H])c3[2H])c2)c([2H])c1[2H]. The molecule has 336 valence electrons. The van der Waals surface area contributed by atoms with Crippen molar-refractivity contribution in [3.63, 3.8) is 0 Å². The number of hydrogen-bond acceptors (Lipinski definition) is 2. The number of fused-ring (bicyclic) bond motifs is 2. The van der Waals surface area contributed by atoms with Gasteiger partial charge in [-0.1, -0.05) is 193 Å². The highest BCUT2D eigenvalue weighted by Gasteiger charge is 2.27. The van der Waals surface area contributed by atoms with Crippen LogP contribution in [0.1, 0.15) is 30.3 Å². The quantitative estimate of drug-likeness (QED) is 0.133. The van der Waals surface area contributed by atoms with Gasteiger partial charge in [-0.25, -0.2) is 4.39 Å². The minimum absolute atomic E-state index is 0.0997. The van der Waals surface area contributed by atoms with Crippen LogP contribution in [0.5, 0.6) is 0 Å². The van der Waals surface area contributed by atoms with E-state index in [0.29, 0.717) is 22.3 Å². The Hall–Kier alpha value is -9.05. The molecular weight excluding hydrogens is 864 g/mol. The van der Waals surface area contributed by atoms with E-state index < -0.39 is 66.2 Å². The Morgan fingerprint density at radius 2 is 0.859 bits per heavy atom. The summed E-state index contributed by atoms with van der Waals surface area (Å²) < 4.78 is 142. The molecule has 0 spiro atoms. The standard InChI is InChI=1S/C68H47FN2/c1-44-21-23-49(24-22-44)55-31-36-63(45(2)39-55)70(57-32-25-47-15-9-11-19-53(47)40-57)64-37-29-51-28-35-60-65(38-30-52-27-34-59(64)66(51)67(52)60)71(58-33-26-48-16-10-12-20-54(48)41-58)68-61(50-17-7-4-8-18-50)42-56(43-62(68)69)46-13-5-3-6-14-46/h3-43H,1-2H3/i3D,4D,5D,6D,7D,8D,13D,14D,17D,18D,21D,22D,23D,24D. The summed E-state index contributed by atoms with van der Waals surface area (Å²) in [6, 6.07) is 44.5. The van der Waals surface area contributed by atoms with Crippen LogP contribution in [0.3, 0.4) is 0 Å². The second kappa shape index (κ2) is 17.2. The molecule has 3 heteroatoms. The van der Waals surface area contributed by atoms with E-state index in [-0.39, 0.29) is 63.2 Å². The van der Waals surface area contributed by atoms with Gasteiger partial charge in [-0.2, -0.15) is 0 Å². The van der Waals surface area contributed by atoms with Crippen LogP contribution in [0, 0.1) is 19.7 Å². The van der Waals surface area contributed by atoms with Gasteiger partial charge in [0.15, 0.2) is 0 Å². The van der Waals surface area contributed by atoms with E-state index in [1.165, 1.54) is 6.07 Å². The van der Waals surface area contributed by atoms with Gasteiger partial charge in [-0.3, -0.25) is 0 Å². The van der Waals surface area contributed by atoms with Crippen molar-refractivity contribution in [1.29, 1.82) is 0 Å². The number of nitrogens with zero attached hydrogens (tertiary/aromatic N) is 2. The van der Waals surface area contributed by atoms with Crippen molar-refractivity contribution in [2.45, 2.75) is 13.8 Å². The van der Waals surface area contributed by atoms with Crippen LogP contribution in [0.15, 0.2) is 248 Å². The Morgan fingerprint density at radius 3 is 1.45 bits per heavy atom. The van der Waals surface area contributed by atoms with Crippen LogP contribution in [-0.4, -0.2) is 0 Å². The Morgan fingerprint density at radius 1 is 0.366 bits per heavy atom. The molecule has 0 fully saturated rings. The summed E-state index contributed by atoms with van der Waals surface area (Å²) in [6.45, 7) is 3.54. The summed E-state index contributed by atoms with van der Waals surface area (Å²) in [6.07, 6.45) is 0. The number of benzene rings is 13. The zero-order valence-electron chi connectivity index (χ0n) is 52.4. The molecule has 0 aliphatic heterocycles. The second-order valence-electron chi connectivity index (χ2n) is 17.7. The van der Waals surface area contributed by atoms with Crippen LogP contribution in [0.4, 0.5) is 38.5 Å². The molecule has 0 bridgehead atoms. The van der Waals surface area contributed by atoms with Crippen molar-refractivity contribution in [3.05, 3.63) is 265 Å². The number of hydrogen-bond donors (Lipinski definition) is 0. The fraction of sp³-hybridized carbons (Fsp3) is 0.0294. The van der Waals surface area contributed by atoms with E-state index in [0.717, 1.165) is 77.2 Å². The first-order valence-electron chi connectivity index (χ1n) is 30.2. The Labute approximate surface area is 432 Å². The van der Waals surface area contributed by atoms with E-state index in [2.05, 4.69) is 41.3 Å². The van der Waals surface area contributed by atoms with Crippen LogP contribution in [0.2, 0.25) is 0 Å². The predicted octanol–water partition coefficient (Wildman–Crippen LogP) is 19.6. The second-order valence-corrected chi connectivity index (χ2v) is 17.7. The molecule has 0 heterocycles. The van der Waals surface area contributed by atoms with Crippen molar-refractivity contribution in [2.75, 3.05) is 9.80 Å². The molecular formula is C68H47FN2. The maximum absolute atomic E-state index is 18.5. The third-order valence-electron chi connectivity index (χ3n) is 13.4. The number of anilines is 6. The monoisotopic (exact) mass is 924 g/mol. The Bertz CT molecular complexity index is 4940. The first kappa shape index (κ1) is 29.8. The molecule has 0 N–H and O–H groups in total. The van der Waals surface area contributed by atoms with Crippen molar-refractivity contribution in [3.8, 4) is 33.4 Å². The van der Waals surface area contributed by atoms with Crippen molar-refractivity contribution < 1.29 is 23.6 Å². The smallest absolute Gasteiger partial charge is 0.148 e. The molecule has 0 saturated carbocycles. The fourth-order valence-electron chi connectivity index (χ4n) is 10.1. The molecule has 13 aromatic carbocycles. The molecule has 13 aromatic rings. The van der Waals surface area contributed by atoms with Gasteiger partial charge in [0, 0.05) is 33.4 Å². The van der Waals surface area contributed by atoms with E-state index in [1.807, 2.05) is 122 Å². The van der Waals surface area contributed by atoms with Crippen molar-refractivity contribution in [1.82, 2.24) is 0 Å². The van der Waals surface area contributed by atoms with Gasteiger partial charge in [-0.05, 0) is 151 Å². The van der Waals surface area contributed by atoms with Gasteiger partial charge in [-0.15, -0.1) is 0 Å². The van der Waals surface area contributed by atoms with Gasteiger partial charge < -0.3 is 9.80 Å². The maximum Gasteiger partial charge on any atom is 0.148 e. The largest absolute Gasteiger partial charge is 0.310 e. The van der Waals surface area contributed by atoms with E-state index in [1.54, 1.807) is 11.8 Å². The lowest BCUT2D eigenvalue weighted by Gasteiger charge is -2.31. The third kappa shape index (κ3) is 7.33. The highest BCUT2D eigenvalue weighted by Crippen LogP contribution is 2.51. The molecule has 0 aliphatic carbocycles. The van der Waals surface area contributed by atoms with Crippen LogP contribution in [0.25, 0.3) is 87.2 Å². The molecule has 0 saturated heterocycles. The average molecular weight is 925 g/mol. The Balaban J connectivity index is 1.10. The van der Waals surface area contributed by atoms with Gasteiger partial charge in [0.2, 0.25) is 0 Å². The van der Waals surface area contributed by atoms with E-state index in [4.69, 9.17) is 16.4 Å². The van der Waals surface area contributed by atoms with Crippen LogP contribution >= 0.6 is 0 Å². The van der Waals surface area contributed by atoms with Crippen LogP contribution < -0.4 is 9.80 Å². The lowest BCUT2D eigenvalue weighted by atomic mass is 9.91. The first-order valence-corrected chi connectivity index (χ1v) is 23.2. The van der Waals surface area contributed by atoms with Gasteiger partial charge in [0.1, 0.15) is 5.82 Å². The summed E-state index contributed by atoms with van der Waals surface area (Å²) in [5.74, 6) is -0.986. The minimum Gasteiger partial charge on any atom is -0.310 e. The molecule has 13 rings (SSSR count). The van der Waals surface area contributed by atoms with E-state index >= 15 is 4.39 Å². The molecule has 2 nitrogen and oxygen atoms in total. The molecule has 0 unspecified atom stereocenters. The fourth-order valence-corrected chi connectivity index (χ4v) is 10.1.